The van der Waals surface area contributed by atoms with Gasteiger partial charge in [-0.1, -0.05) is 32.4 Å². The Balaban J connectivity index is 3.56. The molecule has 0 fully saturated rings. The van der Waals surface area contributed by atoms with E-state index < -0.39 is 33.2 Å². The summed E-state index contributed by atoms with van der Waals surface area (Å²) in [5.74, 6) is 0.236. The summed E-state index contributed by atoms with van der Waals surface area (Å²) in [6, 6.07) is 2.05. The van der Waals surface area contributed by atoms with Crippen LogP contribution in [0.2, 0.25) is 5.02 Å². The average Bonchev–Trinajstić information content (AvgIpc) is 2.46. The Labute approximate surface area is 137 Å². The molecule has 0 radical (unpaired) electrons. The summed E-state index contributed by atoms with van der Waals surface area (Å²) in [5, 5.41) is 18.3. The molecule has 0 heterocycles. The number of ketones is 2. The zero-order chi connectivity index (χ0) is 17.9. The molecule has 0 amide bonds. The topological polar surface area (TPSA) is 110 Å². The van der Waals surface area contributed by atoms with Crippen molar-refractivity contribution in [3.05, 3.63) is 38.4 Å². The van der Waals surface area contributed by atoms with Crippen LogP contribution in [0.25, 0.3) is 0 Å². The number of carbonyl (C=O) groups excluding carboxylic acids is 2. The number of hydrogen-bond acceptors (Lipinski definition) is 6. The number of nitro groups is 1. The van der Waals surface area contributed by atoms with Crippen LogP contribution in [0, 0.1) is 20.9 Å². The minimum Gasteiger partial charge on any atom is -0.495 e. The molecular formula is C15H15ClN2O5. The highest BCUT2D eigenvalue weighted by Gasteiger charge is 2.33. The molecule has 1 rings (SSSR count). The van der Waals surface area contributed by atoms with Crippen molar-refractivity contribution in [1.29, 1.82) is 5.41 Å². The van der Waals surface area contributed by atoms with Crippen LogP contribution in [0.4, 0.5) is 5.69 Å². The number of hydrogen-bond donors (Lipinski definition) is 1. The third-order valence-corrected chi connectivity index (χ3v) is 3.27. The molecule has 0 bridgehead atoms. The monoisotopic (exact) mass is 338 g/mol. The molecule has 23 heavy (non-hydrogen) atoms. The zero-order valence-electron chi connectivity index (χ0n) is 13.0. The second kappa shape index (κ2) is 6.73. The van der Waals surface area contributed by atoms with E-state index in [4.69, 9.17) is 21.7 Å². The zero-order valence-corrected chi connectivity index (χ0v) is 13.8. The van der Waals surface area contributed by atoms with Crippen LogP contribution >= 0.6 is 11.6 Å². The highest BCUT2D eigenvalue weighted by Crippen LogP contribution is 2.34. The molecule has 1 N–H and O–H groups in total. The largest absolute Gasteiger partial charge is 0.495 e. The molecule has 0 atom stereocenters. The third kappa shape index (κ3) is 3.83. The molecule has 0 aromatic heterocycles. The van der Waals surface area contributed by atoms with Gasteiger partial charge in [-0.25, -0.2) is 0 Å². The summed E-state index contributed by atoms with van der Waals surface area (Å²) < 4.78 is 4.94. The summed E-state index contributed by atoms with van der Waals surface area (Å²) in [6.07, 6.45) is 0. The Morgan fingerprint density at radius 2 is 1.91 bits per heavy atom. The highest BCUT2D eigenvalue weighted by atomic mass is 35.5. The van der Waals surface area contributed by atoms with Gasteiger partial charge >= 0.3 is 0 Å². The number of rotatable bonds is 5. The Hall–Kier alpha value is -2.50. The second-order valence-electron chi connectivity index (χ2n) is 5.67. The fourth-order valence-electron chi connectivity index (χ4n) is 1.76. The molecule has 0 aliphatic carbocycles. The number of benzene rings is 1. The summed E-state index contributed by atoms with van der Waals surface area (Å²) in [6.45, 7) is 4.70. The summed E-state index contributed by atoms with van der Waals surface area (Å²) in [5.41, 5.74) is -2.46. The molecule has 1 aromatic rings. The van der Waals surface area contributed by atoms with Gasteiger partial charge in [-0.3, -0.25) is 25.1 Å². The fourth-order valence-corrected chi connectivity index (χ4v) is 1.99. The Morgan fingerprint density at radius 1 is 1.35 bits per heavy atom. The van der Waals surface area contributed by atoms with Gasteiger partial charge in [0.1, 0.15) is 16.9 Å². The van der Waals surface area contributed by atoms with E-state index in [-0.39, 0.29) is 16.3 Å². The van der Waals surface area contributed by atoms with Crippen LogP contribution in [0.3, 0.4) is 0 Å². The number of nitrogens with one attached hydrogen (secondary N) is 1. The van der Waals surface area contributed by atoms with Crippen molar-refractivity contribution in [2.45, 2.75) is 20.8 Å². The van der Waals surface area contributed by atoms with Gasteiger partial charge in [0.15, 0.2) is 5.78 Å². The van der Waals surface area contributed by atoms with E-state index in [0.717, 1.165) is 12.1 Å². The van der Waals surface area contributed by atoms with E-state index in [2.05, 4.69) is 0 Å². The van der Waals surface area contributed by atoms with Crippen molar-refractivity contribution in [3.8, 4) is 5.75 Å². The minimum atomic E-state index is -0.971. The van der Waals surface area contributed by atoms with Crippen molar-refractivity contribution >= 4 is 34.7 Å². The van der Waals surface area contributed by atoms with E-state index in [0.29, 0.717) is 0 Å². The highest BCUT2D eigenvalue weighted by molar-refractivity contribution is 6.35. The lowest BCUT2D eigenvalue weighted by Gasteiger charge is -2.17. The number of nitro benzene ring substituents is 1. The molecule has 0 spiro atoms. The quantitative estimate of drug-likeness (QED) is 0.168. The van der Waals surface area contributed by atoms with Crippen molar-refractivity contribution in [3.63, 3.8) is 0 Å². The van der Waals surface area contributed by atoms with Crippen molar-refractivity contribution < 1.29 is 19.2 Å². The van der Waals surface area contributed by atoms with E-state index in [1.165, 1.54) is 7.11 Å². The van der Waals surface area contributed by atoms with E-state index in [1.54, 1.807) is 26.6 Å². The molecule has 8 heteroatoms. The van der Waals surface area contributed by atoms with Crippen LogP contribution in [-0.2, 0) is 4.79 Å². The predicted molar refractivity (Wildman–Crippen MR) is 84.7 cm³/mol. The molecule has 122 valence electrons. The maximum atomic E-state index is 12.5. The Bertz CT molecular complexity index is 743. The van der Waals surface area contributed by atoms with E-state index in [9.17, 15) is 19.7 Å². The van der Waals surface area contributed by atoms with Gasteiger partial charge in [-0.15, -0.1) is 0 Å². The average molecular weight is 339 g/mol. The number of nitrogens with zero attached hydrogens (tertiary/aromatic N) is 1. The summed E-state index contributed by atoms with van der Waals surface area (Å²) in [4.78, 5) is 35.1. The Morgan fingerprint density at radius 3 is 2.30 bits per heavy atom. The molecular weight excluding hydrogens is 324 g/mol. The summed E-state index contributed by atoms with van der Waals surface area (Å²) >= 11 is 5.83. The van der Waals surface area contributed by atoms with Crippen LogP contribution in [-0.4, -0.2) is 29.5 Å². The maximum absolute atomic E-state index is 12.5. The van der Waals surface area contributed by atoms with Gasteiger partial charge in [0.05, 0.1) is 17.1 Å². The third-order valence-electron chi connectivity index (χ3n) is 2.97. The van der Waals surface area contributed by atoms with Crippen LogP contribution < -0.4 is 4.74 Å². The fraction of sp³-hybridized carbons (Fsp3) is 0.333. The molecule has 1 aromatic carbocycles. The smallest absolute Gasteiger partial charge is 0.282 e. The summed E-state index contributed by atoms with van der Waals surface area (Å²) in [7, 11) is 1.29. The van der Waals surface area contributed by atoms with Gasteiger partial charge in [0.25, 0.3) is 5.69 Å². The first-order chi connectivity index (χ1) is 10.5. The van der Waals surface area contributed by atoms with Gasteiger partial charge in [-0.05, 0) is 11.9 Å². The Kier molecular flexibility index (Phi) is 5.42. The lowest BCUT2D eigenvalue weighted by molar-refractivity contribution is -0.385. The molecule has 0 saturated heterocycles. The predicted octanol–water partition coefficient (Wildman–Crippen LogP) is 3.23. The first-order valence-electron chi connectivity index (χ1n) is 6.45. The first-order valence-corrected chi connectivity index (χ1v) is 6.83. The second-order valence-corrected chi connectivity index (χ2v) is 6.08. The van der Waals surface area contributed by atoms with Gasteiger partial charge < -0.3 is 4.74 Å². The van der Waals surface area contributed by atoms with E-state index in [1.807, 2.05) is 0 Å². The number of allylic oxidation sites excluding steroid dienone is 1. The molecule has 0 aliphatic rings. The van der Waals surface area contributed by atoms with Gasteiger partial charge in [0, 0.05) is 11.5 Å². The van der Waals surface area contributed by atoms with Crippen LogP contribution in [0.15, 0.2) is 17.7 Å². The standard InChI is InChI=1S/C15H15ClN2O5/c1-15(2,3)14(20)9(7-17)13(19)8-5-12(23-4)10(16)6-11(8)18(21)22/h5-6,17H,1-4H3. The first kappa shape index (κ1) is 18.5. The lowest BCUT2D eigenvalue weighted by Crippen LogP contribution is -2.27. The van der Waals surface area contributed by atoms with Crippen molar-refractivity contribution in [2.75, 3.05) is 7.11 Å². The normalized spacial score (nSPS) is 10.7. The number of Topliss-reactive ketones (excluding diaryl/α,β-unsaturated/α-hetero) is 2. The van der Waals surface area contributed by atoms with Crippen molar-refractivity contribution in [2.24, 2.45) is 5.41 Å². The number of carbonyl (C=O) groups is 2. The van der Waals surface area contributed by atoms with Gasteiger partial charge in [-0.2, -0.15) is 0 Å². The van der Waals surface area contributed by atoms with Crippen molar-refractivity contribution in [1.82, 2.24) is 0 Å². The number of ether oxygens (including phenoxy) is 1. The minimum absolute atomic E-state index is 0.0433. The molecule has 7 nitrogen and oxygen atoms in total. The SMILES string of the molecule is COc1cc(C(=O)C(=C=N)C(=O)C(C)(C)C)c([N+](=O)[O-])cc1Cl. The van der Waals surface area contributed by atoms with Gasteiger partial charge in [0.2, 0.25) is 5.78 Å². The molecule has 0 aliphatic heterocycles. The lowest BCUT2D eigenvalue weighted by atomic mass is 9.84. The van der Waals surface area contributed by atoms with Crippen LogP contribution in [0.5, 0.6) is 5.75 Å². The van der Waals surface area contributed by atoms with Crippen LogP contribution in [0.1, 0.15) is 31.1 Å². The number of methoxy groups -OCH3 is 1. The number of halogens is 1. The maximum Gasteiger partial charge on any atom is 0.282 e. The van der Waals surface area contributed by atoms with E-state index >= 15 is 0 Å². The molecule has 0 unspecified atom stereocenters. The molecule has 0 saturated carbocycles.